The van der Waals surface area contributed by atoms with E-state index >= 15 is 0 Å². The van der Waals surface area contributed by atoms with E-state index in [1.54, 1.807) is 0 Å². The van der Waals surface area contributed by atoms with Crippen LogP contribution in [0.15, 0.2) is 6.07 Å². The molecule has 1 saturated heterocycles. The van der Waals surface area contributed by atoms with E-state index < -0.39 is 0 Å². The Kier molecular flexibility index (Phi) is 5.14. The lowest BCUT2D eigenvalue weighted by Gasteiger charge is -2.36. The highest BCUT2D eigenvalue weighted by Gasteiger charge is 2.22. The number of aromatic nitrogens is 2. The van der Waals surface area contributed by atoms with Gasteiger partial charge in [-0.2, -0.15) is 0 Å². The van der Waals surface area contributed by atoms with Crippen molar-refractivity contribution in [2.75, 3.05) is 37.5 Å². The number of nitrogens with two attached hydrogens (primary N) is 1. The standard InChI is InChI=1S/C14H26N6/c1-4-5-12-16-13(18-15)10-14(17-12)20-8-6-11(7-9-20)19(2)3/h10-11H,4-9,15H2,1-3H3,(H,16,17,18). The van der Waals surface area contributed by atoms with Gasteiger partial charge in [0.1, 0.15) is 17.5 Å². The highest BCUT2D eigenvalue weighted by atomic mass is 15.3. The summed E-state index contributed by atoms with van der Waals surface area (Å²) in [5.74, 6) is 8.07. The van der Waals surface area contributed by atoms with E-state index in [1.807, 2.05) is 6.07 Å². The largest absolute Gasteiger partial charge is 0.356 e. The second-order valence-corrected chi connectivity index (χ2v) is 5.60. The van der Waals surface area contributed by atoms with Crippen molar-refractivity contribution in [3.63, 3.8) is 0 Å². The summed E-state index contributed by atoms with van der Waals surface area (Å²) in [5, 5.41) is 0. The van der Waals surface area contributed by atoms with Crippen molar-refractivity contribution in [3.8, 4) is 0 Å². The highest BCUT2D eigenvalue weighted by molar-refractivity contribution is 5.49. The van der Waals surface area contributed by atoms with Gasteiger partial charge in [-0.1, -0.05) is 6.92 Å². The third kappa shape index (κ3) is 3.58. The lowest BCUT2D eigenvalue weighted by molar-refractivity contribution is 0.249. The van der Waals surface area contributed by atoms with E-state index in [1.165, 1.54) is 12.8 Å². The number of piperidine rings is 1. The molecule has 1 aromatic rings. The summed E-state index contributed by atoms with van der Waals surface area (Å²) in [6.07, 6.45) is 4.27. The van der Waals surface area contributed by atoms with Crippen LogP contribution in [0, 0.1) is 0 Å². The number of nitrogen functional groups attached to an aromatic ring is 1. The quantitative estimate of drug-likeness (QED) is 0.624. The van der Waals surface area contributed by atoms with Crippen molar-refractivity contribution >= 4 is 11.6 Å². The smallest absolute Gasteiger partial charge is 0.145 e. The zero-order chi connectivity index (χ0) is 14.5. The SMILES string of the molecule is CCCc1nc(NN)cc(N2CCC(N(C)C)CC2)n1. The first kappa shape index (κ1) is 15.0. The number of anilines is 2. The molecule has 0 unspecified atom stereocenters. The number of nitrogens with zero attached hydrogens (tertiary/aromatic N) is 4. The van der Waals surface area contributed by atoms with E-state index in [9.17, 15) is 0 Å². The lowest BCUT2D eigenvalue weighted by atomic mass is 10.0. The number of rotatable bonds is 5. The second kappa shape index (κ2) is 6.85. The Labute approximate surface area is 121 Å². The van der Waals surface area contributed by atoms with E-state index in [2.05, 4.69) is 46.2 Å². The molecule has 2 heterocycles. The molecule has 0 aliphatic carbocycles. The summed E-state index contributed by atoms with van der Waals surface area (Å²) in [5.41, 5.74) is 2.65. The Hall–Kier alpha value is -1.40. The summed E-state index contributed by atoms with van der Waals surface area (Å²) in [6, 6.07) is 2.62. The Balaban J connectivity index is 2.10. The van der Waals surface area contributed by atoms with Gasteiger partial charge in [-0.05, 0) is 33.4 Å². The van der Waals surface area contributed by atoms with Crippen molar-refractivity contribution in [1.82, 2.24) is 14.9 Å². The van der Waals surface area contributed by atoms with Crippen molar-refractivity contribution in [3.05, 3.63) is 11.9 Å². The summed E-state index contributed by atoms with van der Waals surface area (Å²) in [6.45, 7) is 4.21. The number of nitrogens with one attached hydrogen (secondary N) is 1. The highest BCUT2D eigenvalue weighted by Crippen LogP contribution is 2.22. The lowest BCUT2D eigenvalue weighted by Crippen LogP contribution is -2.42. The van der Waals surface area contributed by atoms with Crippen molar-refractivity contribution in [1.29, 1.82) is 0 Å². The van der Waals surface area contributed by atoms with Crippen LogP contribution in [0.2, 0.25) is 0 Å². The Morgan fingerprint density at radius 1 is 1.35 bits per heavy atom. The van der Waals surface area contributed by atoms with Gasteiger partial charge in [-0.3, -0.25) is 0 Å². The first-order valence-electron chi connectivity index (χ1n) is 7.40. The Bertz CT molecular complexity index is 426. The van der Waals surface area contributed by atoms with E-state index in [0.717, 1.165) is 37.6 Å². The van der Waals surface area contributed by atoms with E-state index in [0.29, 0.717) is 11.9 Å². The van der Waals surface area contributed by atoms with Gasteiger partial charge in [-0.25, -0.2) is 15.8 Å². The van der Waals surface area contributed by atoms with Crippen LogP contribution in [0.3, 0.4) is 0 Å². The van der Waals surface area contributed by atoms with Crippen LogP contribution in [0.1, 0.15) is 32.0 Å². The number of aryl methyl sites for hydroxylation is 1. The molecule has 1 aromatic heterocycles. The Morgan fingerprint density at radius 2 is 2.05 bits per heavy atom. The van der Waals surface area contributed by atoms with Crippen LogP contribution in [-0.4, -0.2) is 48.1 Å². The van der Waals surface area contributed by atoms with Gasteiger partial charge in [0.2, 0.25) is 0 Å². The van der Waals surface area contributed by atoms with Crippen LogP contribution in [0.25, 0.3) is 0 Å². The molecule has 1 aliphatic heterocycles. The third-order valence-corrected chi connectivity index (χ3v) is 3.90. The fraction of sp³-hybridized carbons (Fsp3) is 0.714. The zero-order valence-corrected chi connectivity index (χ0v) is 12.8. The molecule has 6 nitrogen and oxygen atoms in total. The monoisotopic (exact) mass is 278 g/mol. The molecular formula is C14H26N6. The van der Waals surface area contributed by atoms with Crippen LogP contribution in [0.4, 0.5) is 11.6 Å². The molecule has 2 rings (SSSR count). The van der Waals surface area contributed by atoms with E-state index in [-0.39, 0.29) is 0 Å². The summed E-state index contributed by atoms with van der Waals surface area (Å²) in [4.78, 5) is 13.7. The summed E-state index contributed by atoms with van der Waals surface area (Å²) < 4.78 is 0. The maximum atomic E-state index is 5.51. The normalized spacial score (nSPS) is 16.8. The molecule has 0 spiro atoms. The van der Waals surface area contributed by atoms with Crippen LogP contribution in [0.5, 0.6) is 0 Å². The average Bonchev–Trinajstić information content (AvgIpc) is 2.47. The van der Waals surface area contributed by atoms with Crippen LogP contribution >= 0.6 is 0 Å². The van der Waals surface area contributed by atoms with E-state index in [4.69, 9.17) is 5.84 Å². The van der Waals surface area contributed by atoms with Crippen molar-refractivity contribution in [2.24, 2.45) is 5.84 Å². The van der Waals surface area contributed by atoms with Gasteiger partial charge in [0, 0.05) is 31.6 Å². The van der Waals surface area contributed by atoms with Gasteiger partial charge in [0.15, 0.2) is 0 Å². The van der Waals surface area contributed by atoms with Gasteiger partial charge in [0.05, 0.1) is 0 Å². The number of hydrogen-bond donors (Lipinski definition) is 2. The van der Waals surface area contributed by atoms with Gasteiger partial charge in [-0.15, -0.1) is 0 Å². The molecule has 112 valence electrons. The number of hydrazine groups is 1. The maximum Gasteiger partial charge on any atom is 0.145 e. The zero-order valence-electron chi connectivity index (χ0n) is 12.8. The van der Waals surface area contributed by atoms with Gasteiger partial charge < -0.3 is 15.2 Å². The fourth-order valence-corrected chi connectivity index (χ4v) is 2.67. The number of hydrogen-bond acceptors (Lipinski definition) is 6. The van der Waals surface area contributed by atoms with Gasteiger partial charge >= 0.3 is 0 Å². The maximum absolute atomic E-state index is 5.51. The molecule has 3 N–H and O–H groups in total. The molecule has 0 aromatic carbocycles. The van der Waals surface area contributed by atoms with Crippen LogP contribution < -0.4 is 16.2 Å². The molecule has 0 amide bonds. The molecule has 0 atom stereocenters. The molecule has 0 bridgehead atoms. The molecule has 0 saturated carbocycles. The van der Waals surface area contributed by atoms with Crippen molar-refractivity contribution in [2.45, 2.75) is 38.6 Å². The molecule has 0 radical (unpaired) electrons. The topological polar surface area (TPSA) is 70.3 Å². The average molecular weight is 278 g/mol. The predicted octanol–water partition coefficient (Wildman–Crippen LogP) is 1.25. The summed E-state index contributed by atoms with van der Waals surface area (Å²) in [7, 11) is 4.31. The molecular weight excluding hydrogens is 252 g/mol. The second-order valence-electron chi connectivity index (χ2n) is 5.60. The fourth-order valence-electron chi connectivity index (χ4n) is 2.67. The summed E-state index contributed by atoms with van der Waals surface area (Å²) >= 11 is 0. The first-order chi connectivity index (χ1) is 9.63. The van der Waals surface area contributed by atoms with Gasteiger partial charge in [0.25, 0.3) is 0 Å². The van der Waals surface area contributed by atoms with Crippen molar-refractivity contribution < 1.29 is 0 Å². The minimum Gasteiger partial charge on any atom is -0.356 e. The third-order valence-electron chi connectivity index (χ3n) is 3.90. The molecule has 1 fully saturated rings. The molecule has 20 heavy (non-hydrogen) atoms. The minimum atomic E-state index is 0.676. The Morgan fingerprint density at radius 3 is 2.60 bits per heavy atom. The molecule has 1 aliphatic rings. The first-order valence-corrected chi connectivity index (χ1v) is 7.40. The molecule has 6 heteroatoms. The van der Waals surface area contributed by atoms with Crippen LogP contribution in [-0.2, 0) is 6.42 Å². The predicted molar refractivity (Wildman–Crippen MR) is 82.8 cm³/mol. The minimum absolute atomic E-state index is 0.676.